The van der Waals surface area contributed by atoms with Crippen LogP contribution in [0.5, 0.6) is 0 Å². The maximum absolute atomic E-state index is 12.2. The second-order valence-electron chi connectivity index (χ2n) is 5.30. The van der Waals surface area contributed by atoms with Crippen LogP contribution in [0.15, 0.2) is 16.7 Å². The van der Waals surface area contributed by atoms with Gasteiger partial charge in [0, 0.05) is 23.8 Å². The van der Waals surface area contributed by atoms with Crippen molar-refractivity contribution in [3.05, 3.63) is 22.4 Å². The molecular formula is C13H17BrN2O3. The Balaban J connectivity index is 2.15. The van der Waals surface area contributed by atoms with Crippen molar-refractivity contribution in [3.8, 4) is 0 Å². The Morgan fingerprint density at radius 1 is 1.58 bits per heavy atom. The van der Waals surface area contributed by atoms with Gasteiger partial charge in [0.05, 0.1) is 5.41 Å². The number of amides is 1. The van der Waals surface area contributed by atoms with E-state index in [0.29, 0.717) is 18.5 Å². The molecule has 1 heterocycles. The first-order valence-corrected chi connectivity index (χ1v) is 7.00. The van der Waals surface area contributed by atoms with E-state index in [9.17, 15) is 14.7 Å². The number of carboxylic acids is 1. The van der Waals surface area contributed by atoms with Gasteiger partial charge in [0.2, 0.25) is 0 Å². The number of nitrogens with one attached hydrogen (secondary N) is 1. The molecule has 5 nitrogen and oxygen atoms in total. The quantitative estimate of drug-likeness (QED) is 0.893. The van der Waals surface area contributed by atoms with Crippen LogP contribution in [-0.4, -0.2) is 27.6 Å². The summed E-state index contributed by atoms with van der Waals surface area (Å²) >= 11 is 3.31. The van der Waals surface area contributed by atoms with Crippen molar-refractivity contribution in [2.45, 2.75) is 32.2 Å². The predicted octanol–water partition coefficient (Wildman–Crippen LogP) is 2.16. The van der Waals surface area contributed by atoms with E-state index in [-0.39, 0.29) is 11.9 Å². The number of nitrogens with zero attached hydrogens (tertiary/aromatic N) is 1. The number of aliphatic carboxylic acids is 1. The van der Waals surface area contributed by atoms with Gasteiger partial charge in [-0.25, -0.2) is 0 Å². The number of halogens is 1. The zero-order chi connectivity index (χ0) is 14.2. The number of hydrogen-bond acceptors (Lipinski definition) is 2. The number of aromatic nitrogens is 1. The van der Waals surface area contributed by atoms with Crippen molar-refractivity contribution in [3.63, 3.8) is 0 Å². The number of carbonyl (C=O) groups is 2. The summed E-state index contributed by atoms with van der Waals surface area (Å²) < 4.78 is 2.54. The average molecular weight is 329 g/mol. The summed E-state index contributed by atoms with van der Waals surface area (Å²) in [6.07, 6.45) is 3.93. The maximum Gasteiger partial charge on any atom is 0.311 e. The molecule has 0 aliphatic heterocycles. The molecule has 2 rings (SSSR count). The highest BCUT2D eigenvalue weighted by Crippen LogP contribution is 2.38. The van der Waals surface area contributed by atoms with Crippen molar-refractivity contribution in [1.82, 2.24) is 9.88 Å². The number of rotatable bonds is 3. The smallest absolute Gasteiger partial charge is 0.311 e. The van der Waals surface area contributed by atoms with E-state index in [4.69, 9.17) is 0 Å². The van der Waals surface area contributed by atoms with Crippen LogP contribution in [0.4, 0.5) is 0 Å². The van der Waals surface area contributed by atoms with E-state index >= 15 is 0 Å². The van der Waals surface area contributed by atoms with Crippen molar-refractivity contribution in [2.24, 2.45) is 12.5 Å². The van der Waals surface area contributed by atoms with E-state index in [1.54, 1.807) is 30.8 Å². The molecule has 1 aromatic rings. The minimum atomic E-state index is -0.863. The first kappa shape index (κ1) is 14.1. The van der Waals surface area contributed by atoms with Gasteiger partial charge in [-0.3, -0.25) is 9.59 Å². The van der Waals surface area contributed by atoms with E-state index in [1.165, 1.54) is 0 Å². The Hall–Kier alpha value is -1.30. The highest BCUT2D eigenvalue weighted by molar-refractivity contribution is 9.10. The van der Waals surface area contributed by atoms with Gasteiger partial charge in [-0.15, -0.1) is 0 Å². The van der Waals surface area contributed by atoms with Gasteiger partial charge < -0.3 is 15.0 Å². The van der Waals surface area contributed by atoms with Crippen LogP contribution in [0.1, 0.15) is 36.7 Å². The molecule has 6 heteroatoms. The average Bonchev–Trinajstić information content (AvgIpc) is 2.84. The zero-order valence-electron chi connectivity index (χ0n) is 10.9. The molecule has 1 fully saturated rings. The van der Waals surface area contributed by atoms with Gasteiger partial charge in [0.15, 0.2) is 0 Å². The fraction of sp³-hybridized carbons (Fsp3) is 0.538. The van der Waals surface area contributed by atoms with Crippen LogP contribution in [0.25, 0.3) is 0 Å². The highest BCUT2D eigenvalue weighted by Gasteiger charge is 2.46. The lowest BCUT2D eigenvalue weighted by Gasteiger charge is -2.27. The zero-order valence-corrected chi connectivity index (χ0v) is 12.5. The molecule has 0 radical (unpaired) electrons. The number of carbonyl (C=O) groups excluding carboxylic acids is 1. The van der Waals surface area contributed by atoms with Gasteiger partial charge >= 0.3 is 5.97 Å². The minimum Gasteiger partial charge on any atom is -0.481 e. The summed E-state index contributed by atoms with van der Waals surface area (Å²) in [6, 6.07) is 1.41. The molecule has 2 unspecified atom stereocenters. The van der Waals surface area contributed by atoms with Crippen LogP contribution in [0, 0.1) is 5.41 Å². The van der Waals surface area contributed by atoms with E-state index in [0.717, 1.165) is 10.9 Å². The minimum absolute atomic E-state index is 0.229. The fourth-order valence-corrected chi connectivity index (χ4v) is 3.16. The first-order chi connectivity index (χ1) is 8.84. The van der Waals surface area contributed by atoms with Gasteiger partial charge in [0.1, 0.15) is 5.69 Å². The second-order valence-corrected chi connectivity index (χ2v) is 6.21. The number of carboxylic acid groups (broad SMARTS) is 1. The number of hydrogen-bond donors (Lipinski definition) is 2. The van der Waals surface area contributed by atoms with Crippen LogP contribution in [0.2, 0.25) is 0 Å². The largest absolute Gasteiger partial charge is 0.481 e. The Labute approximate surface area is 120 Å². The topological polar surface area (TPSA) is 71.3 Å². The summed E-state index contributed by atoms with van der Waals surface area (Å²) in [6.45, 7) is 1.70. The van der Waals surface area contributed by atoms with Crippen LogP contribution >= 0.6 is 15.9 Å². The monoisotopic (exact) mass is 328 g/mol. The van der Waals surface area contributed by atoms with Crippen molar-refractivity contribution >= 4 is 27.8 Å². The Bertz CT molecular complexity index is 526. The molecule has 2 N–H and O–H groups in total. The summed E-state index contributed by atoms with van der Waals surface area (Å²) in [5, 5.41) is 12.2. The molecule has 104 valence electrons. The van der Waals surface area contributed by atoms with Crippen molar-refractivity contribution < 1.29 is 14.7 Å². The molecule has 1 aliphatic carbocycles. The molecule has 0 spiro atoms. The molecule has 2 atom stereocenters. The third-order valence-corrected chi connectivity index (χ3v) is 4.39. The van der Waals surface area contributed by atoms with E-state index in [2.05, 4.69) is 21.2 Å². The summed E-state index contributed by atoms with van der Waals surface area (Å²) in [5.74, 6) is -1.07. The standard InChI is InChI=1S/C13H17BrN2O3/c1-13(12(18)19)5-3-4-10(13)15-11(17)9-6-8(14)7-16(9)2/h6-7,10H,3-5H2,1-2H3,(H,15,17)(H,18,19). The Kier molecular flexibility index (Phi) is 3.71. The molecule has 1 aliphatic rings. The van der Waals surface area contributed by atoms with Gasteiger partial charge in [0.25, 0.3) is 5.91 Å². The molecular weight excluding hydrogens is 312 g/mol. The van der Waals surface area contributed by atoms with Crippen molar-refractivity contribution in [1.29, 1.82) is 0 Å². The SMILES string of the molecule is Cn1cc(Br)cc1C(=O)NC1CCCC1(C)C(=O)O. The van der Waals surface area contributed by atoms with Crippen LogP contribution < -0.4 is 5.32 Å². The van der Waals surface area contributed by atoms with Gasteiger partial charge in [-0.05, 0) is 41.8 Å². The Morgan fingerprint density at radius 3 is 2.79 bits per heavy atom. The molecule has 1 aromatic heterocycles. The fourth-order valence-electron chi connectivity index (χ4n) is 2.64. The van der Waals surface area contributed by atoms with Crippen LogP contribution in [-0.2, 0) is 11.8 Å². The number of aryl methyl sites for hydroxylation is 1. The normalized spacial score (nSPS) is 26.4. The van der Waals surface area contributed by atoms with Gasteiger partial charge in [-0.1, -0.05) is 6.42 Å². The molecule has 19 heavy (non-hydrogen) atoms. The summed E-state index contributed by atoms with van der Waals surface area (Å²) in [4.78, 5) is 23.6. The second kappa shape index (κ2) is 5.00. The molecule has 1 saturated carbocycles. The lowest BCUT2D eigenvalue weighted by atomic mass is 9.85. The van der Waals surface area contributed by atoms with Gasteiger partial charge in [-0.2, -0.15) is 0 Å². The summed E-state index contributed by atoms with van der Waals surface area (Å²) in [7, 11) is 1.78. The van der Waals surface area contributed by atoms with Crippen LogP contribution in [0.3, 0.4) is 0 Å². The Morgan fingerprint density at radius 2 is 2.26 bits per heavy atom. The molecule has 0 aromatic carbocycles. The highest BCUT2D eigenvalue weighted by atomic mass is 79.9. The van der Waals surface area contributed by atoms with E-state index < -0.39 is 11.4 Å². The van der Waals surface area contributed by atoms with Crippen molar-refractivity contribution in [2.75, 3.05) is 0 Å². The summed E-state index contributed by atoms with van der Waals surface area (Å²) in [5.41, 5.74) is -0.343. The third-order valence-electron chi connectivity index (χ3n) is 3.96. The molecule has 0 bridgehead atoms. The molecule has 0 saturated heterocycles. The maximum atomic E-state index is 12.2. The lowest BCUT2D eigenvalue weighted by Crippen LogP contribution is -2.47. The van der Waals surface area contributed by atoms with E-state index in [1.807, 2.05) is 0 Å². The first-order valence-electron chi connectivity index (χ1n) is 6.21. The predicted molar refractivity (Wildman–Crippen MR) is 74.0 cm³/mol. The molecule has 1 amide bonds. The lowest BCUT2D eigenvalue weighted by molar-refractivity contribution is -0.148. The third kappa shape index (κ3) is 2.54.